The lowest BCUT2D eigenvalue weighted by atomic mass is 10.0. The molecule has 0 bridgehead atoms. The van der Waals surface area contributed by atoms with E-state index in [1.54, 1.807) is 27.7 Å². The van der Waals surface area contributed by atoms with E-state index in [9.17, 15) is 4.79 Å². The molecule has 6 nitrogen and oxygen atoms in total. The van der Waals surface area contributed by atoms with Crippen molar-refractivity contribution in [2.45, 2.75) is 63.9 Å². The normalized spacial score (nSPS) is 45.4. The molecule has 3 aliphatic heterocycles. The van der Waals surface area contributed by atoms with Crippen LogP contribution in [0.4, 0.5) is 0 Å². The fourth-order valence-corrected chi connectivity index (χ4v) is 2.55. The summed E-state index contributed by atoms with van der Waals surface area (Å²) in [6.07, 6.45) is -0.742. The second-order valence-corrected chi connectivity index (χ2v) is 5.83. The molecule has 3 rings (SSSR count). The van der Waals surface area contributed by atoms with Crippen molar-refractivity contribution < 1.29 is 28.5 Å². The molecule has 3 unspecified atom stereocenters. The molecule has 3 saturated heterocycles. The molecule has 3 fully saturated rings. The smallest absolute Gasteiger partial charge is 0.258 e. The first-order valence-electron chi connectivity index (χ1n) is 6.12. The van der Waals surface area contributed by atoms with Crippen molar-refractivity contribution in [2.24, 2.45) is 0 Å². The van der Waals surface area contributed by atoms with E-state index < -0.39 is 23.7 Å². The third-order valence-electron chi connectivity index (χ3n) is 3.28. The van der Waals surface area contributed by atoms with E-state index in [-0.39, 0.29) is 24.9 Å². The Labute approximate surface area is 105 Å². The van der Waals surface area contributed by atoms with E-state index in [2.05, 4.69) is 0 Å². The molecule has 1 spiro atoms. The number of hydrogen-bond acceptors (Lipinski definition) is 6. The maximum atomic E-state index is 12.2. The zero-order valence-electron chi connectivity index (χ0n) is 11.0. The molecule has 102 valence electrons. The fourth-order valence-electron chi connectivity index (χ4n) is 2.55. The summed E-state index contributed by atoms with van der Waals surface area (Å²) in [5.74, 6) is -3.06. The van der Waals surface area contributed by atoms with Crippen LogP contribution in [-0.2, 0) is 28.5 Å². The number of Topliss-reactive ketones (excluding diaryl/α,β-unsaturated/α-hetero) is 1. The summed E-state index contributed by atoms with van der Waals surface area (Å²) in [6.45, 7) is 7.18. The van der Waals surface area contributed by atoms with E-state index in [1.165, 1.54) is 0 Å². The highest BCUT2D eigenvalue weighted by atomic mass is 16.9. The second kappa shape index (κ2) is 3.52. The second-order valence-electron chi connectivity index (χ2n) is 5.83. The van der Waals surface area contributed by atoms with Crippen molar-refractivity contribution >= 4 is 5.78 Å². The van der Waals surface area contributed by atoms with Crippen molar-refractivity contribution in [1.82, 2.24) is 0 Å². The van der Waals surface area contributed by atoms with Gasteiger partial charge in [-0.1, -0.05) is 0 Å². The van der Waals surface area contributed by atoms with Gasteiger partial charge in [0.25, 0.3) is 5.79 Å². The van der Waals surface area contributed by atoms with Gasteiger partial charge in [0.05, 0.1) is 0 Å². The largest absolute Gasteiger partial charge is 0.344 e. The summed E-state index contributed by atoms with van der Waals surface area (Å²) in [7, 11) is 0. The highest BCUT2D eigenvalue weighted by Crippen LogP contribution is 2.43. The number of hydrogen-bond donors (Lipinski definition) is 0. The van der Waals surface area contributed by atoms with E-state index in [1.807, 2.05) is 0 Å². The lowest BCUT2D eigenvalue weighted by Gasteiger charge is -2.35. The molecule has 0 saturated carbocycles. The van der Waals surface area contributed by atoms with E-state index in [0.717, 1.165) is 0 Å². The van der Waals surface area contributed by atoms with Crippen molar-refractivity contribution in [1.29, 1.82) is 0 Å². The van der Waals surface area contributed by atoms with Crippen LogP contribution in [0, 0.1) is 0 Å². The summed E-state index contributed by atoms with van der Waals surface area (Å²) in [5.41, 5.74) is 0. The Morgan fingerprint density at radius 2 is 1.78 bits per heavy atom. The number of carbonyl (C=O) groups is 1. The van der Waals surface area contributed by atoms with Crippen molar-refractivity contribution in [3.63, 3.8) is 0 Å². The Bertz CT molecular complexity index is 390. The van der Waals surface area contributed by atoms with Crippen LogP contribution in [0.2, 0.25) is 0 Å². The van der Waals surface area contributed by atoms with Crippen LogP contribution in [0.3, 0.4) is 0 Å². The van der Waals surface area contributed by atoms with Gasteiger partial charge in [-0.15, -0.1) is 0 Å². The van der Waals surface area contributed by atoms with Gasteiger partial charge in [0.2, 0.25) is 0 Å². The topological polar surface area (TPSA) is 63.2 Å². The maximum Gasteiger partial charge on any atom is 0.258 e. The minimum Gasteiger partial charge on any atom is -0.344 e. The average molecular weight is 258 g/mol. The maximum absolute atomic E-state index is 12.2. The van der Waals surface area contributed by atoms with Gasteiger partial charge in [0.15, 0.2) is 23.6 Å². The summed E-state index contributed by atoms with van der Waals surface area (Å²) in [4.78, 5) is 12.2. The summed E-state index contributed by atoms with van der Waals surface area (Å²) < 4.78 is 28.0. The van der Waals surface area contributed by atoms with Crippen LogP contribution in [-0.4, -0.2) is 42.1 Å². The van der Waals surface area contributed by atoms with E-state index in [0.29, 0.717) is 0 Å². The van der Waals surface area contributed by atoms with Gasteiger partial charge in [-0.05, 0) is 27.7 Å². The van der Waals surface area contributed by atoms with Crippen LogP contribution in [0.15, 0.2) is 0 Å². The molecule has 0 aliphatic carbocycles. The molecule has 18 heavy (non-hydrogen) atoms. The first-order chi connectivity index (χ1) is 8.22. The van der Waals surface area contributed by atoms with Crippen LogP contribution in [0.5, 0.6) is 0 Å². The molecule has 0 radical (unpaired) electrons. The molecule has 6 heteroatoms. The lowest BCUT2D eigenvalue weighted by Crippen LogP contribution is -2.55. The summed E-state index contributed by atoms with van der Waals surface area (Å²) >= 11 is 0. The fraction of sp³-hybridized carbons (Fsp3) is 0.917. The third kappa shape index (κ3) is 1.88. The lowest BCUT2D eigenvalue weighted by molar-refractivity contribution is -0.309. The van der Waals surface area contributed by atoms with Crippen LogP contribution < -0.4 is 0 Å². The van der Waals surface area contributed by atoms with Gasteiger partial charge in [0.1, 0.15) is 12.7 Å². The number of carbonyl (C=O) groups excluding carboxylic acids is 1. The highest BCUT2D eigenvalue weighted by Gasteiger charge is 2.60. The molecule has 3 aliphatic rings. The quantitative estimate of drug-likeness (QED) is 0.644. The Hall–Kier alpha value is -0.530. The van der Waals surface area contributed by atoms with Crippen molar-refractivity contribution in [3.05, 3.63) is 0 Å². The Morgan fingerprint density at radius 3 is 2.39 bits per heavy atom. The van der Waals surface area contributed by atoms with Crippen LogP contribution in [0.1, 0.15) is 34.1 Å². The zero-order valence-corrected chi connectivity index (χ0v) is 11.0. The first kappa shape index (κ1) is 12.5. The van der Waals surface area contributed by atoms with Crippen molar-refractivity contribution in [2.75, 3.05) is 6.61 Å². The Balaban J connectivity index is 1.82. The minimum absolute atomic E-state index is 0.0891. The standard InChI is InChI=1S/C12H18O6/c1-10(2)14-6-12(18-10)8(13)5-7-9(17-12)16-11(3,4)15-7/h7,9H,5-6H2,1-4H3. The monoisotopic (exact) mass is 258 g/mol. The first-order valence-corrected chi connectivity index (χ1v) is 6.12. The third-order valence-corrected chi connectivity index (χ3v) is 3.28. The molecule has 3 heterocycles. The summed E-state index contributed by atoms with van der Waals surface area (Å²) in [6, 6.07) is 0. The average Bonchev–Trinajstić information content (AvgIpc) is 2.65. The highest BCUT2D eigenvalue weighted by molar-refractivity contribution is 5.87. The number of fused-ring (bicyclic) bond motifs is 1. The summed E-state index contributed by atoms with van der Waals surface area (Å²) in [5, 5.41) is 0. The predicted molar refractivity (Wildman–Crippen MR) is 58.4 cm³/mol. The Kier molecular flexibility index (Phi) is 2.44. The molecule has 0 amide bonds. The van der Waals surface area contributed by atoms with Crippen LogP contribution >= 0.6 is 0 Å². The molecular formula is C12H18O6. The minimum atomic E-state index is -1.34. The van der Waals surface area contributed by atoms with E-state index in [4.69, 9.17) is 23.7 Å². The number of ketones is 1. The molecular weight excluding hydrogens is 240 g/mol. The Morgan fingerprint density at radius 1 is 1.06 bits per heavy atom. The van der Waals surface area contributed by atoms with Gasteiger partial charge >= 0.3 is 0 Å². The zero-order chi connectivity index (χ0) is 13.2. The molecule has 0 aromatic carbocycles. The molecule has 0 N–H and O–H groups in total. The van der Waals surface area contributed by atoms with Crippen LogP contribution in [0.25, 0.3) is 0 Å². The molecule has 0 aromatic rings. The van der Waals surface area contributed by atoms with Gasteiger partial charge in [-0.3, -0.25) is 4.79 Å². The number of rotatable bonds is 0. The van der Waals surface area contributed by atoms with E-state index >= 15 is 0 Å². The van der Waals surface area contributed by atoms with Gasteiger partial charge in [-0.25, -0.2) is 0 Å². The SMILES string of the molecule is CC1(C)OC2CC(=O)C3(COC(C)(C)O3)OC2O1. The molecule has 3 atom stereocenters. The van der Waals surface area contributed by atoms with Crippen molar-refractivity contribution in [3.8, 4) is 0 Å². The van der Waals surface area contributed by atoms with Gasteiger partial charge < -0.3 is 23.7 Å². The number of ether oxygens (including phenoxy) is 5. The van der Waals surface area contributed by atoms with Gasteiger partial charge in [-0.2, -0.15) is 0 Å². The van der Waals surface area contributed by atoms with Gasteiger partial charge in [0, 0.05) is 6.42 Å². The molecule has 0 aromatic heterocycles. The predicted octanol–water partition coefficient (Wildman–Crippen LogP) is 0.933.